The smallest absolute Gasteiger partial charge is 0.303 e. The number of nitrogens with zero attached hydrogens (tertiary/aromatic N) is 1. The molecule has 1 rings (SSSR count). The van der Waals surface area contributed by atoms with Crippen molar-refractivity contribution in [2.75, 3.05) is 19.6 Å². The molecule has 16 heavy (non-hydrogen) atoms. The van der Waals surface area contributed by atoms with Crippen LogP contribution in [0.3, 0.4) is 0 Å². The van der Waals surface area contributed by atoms with Gasteiger partial charge in [0.15, 0.2) is 0 Å². The molecule has 0 aliphatic carbocycles. The number of hydrogen-bond acceptors (Lipinski definition) is 2. The topological polar surface area (TPSA) is 40.5 Å². The van der Waals surface area contributed by atoms with Crippen LogP contribution in [0.4, 0.5) is 0 Å². The summed E-state index contributed by atoms with van der Waals surface area (Å²) in [5, 5.41) is 8.71. The molecule has 0 aromatic heterocycles. The number of likely N-dealkylation sites (tertiary alicyclic amines) is 1. The van der Waals surface area contributed by atoms with Crippen molar-refractivity contribution in [3.63, 3.8) is 0 Å². The molecule has 1 N–H and O–H groups in total. The highest BCUT2D eigenvalue weighted by molar-refractivity contribution is 5.67. The Morgan fingerprint density at radius 2 is 2.25 bits per heavy atom. The van der Waals surface area contributed by atoms with Crippen LogP contribution in [0.5, 0.6) is 0 Å². The highest BCUT2D eigenvalue weighted by atomic mass is 16.4. The Bertz CT molecular complexity index is 228. The maximum absolute atomic E-state index is 10.6. The van der Waals surface area contributed by atoms with E-state index in [1.54, 1.807) is 0 Å². The van der Waals surface area contributed by atoms with E-state index in [2.05, 4.69) is 11.5 Å². The zero-order chi connectivity index (χ0) is 11.8. The van der Waals surface area contributed by atoms with E-state index in [1.165, 1.54) is 19.3 Å². The summed E-state index contributed by atoms with van der Waals surface area (Å²) in [4.78, 5) is 13.0. The minimum atomic E-state index is -0.655. The molecule has 3 heteroatoms. The maximum atomic E-state index is 10.6. The Kier molecular flexibility index (Phi) is 6.16. The van der Waals surface area contributed by atoms with E-state index in [4.69, 9.17) is 5.11 Å². The lowest BCUT2D eigenvalue weighted by Gasteiger charge is -2.15. The minimum Gasteiger partial charge on any atom is -0.481 e. The third-order valence-corrected chi connectivity index (χ3v) is 3.22. The van der Waals surface area contributed by atoms with Crippen LogP contribution in [0.15, 0.2) is 12.7 Å². The van der Waals surface area contributed by atoms with Crippen molar-refractivity contribution in [3.05, 3.63) is 12.7 Å². The van der Waals surface area contributed by atoms with Crippen molar-refractivity contribution >= 4 is 5.97 Å². The first kappa shape index (κ1) is 13.2. The van der Waals surface area contributed by atoms with Gasteiger partial charge in [-0.25, -0.2) is 0 Å². The molecule has 1 fully saturated rings. The van der Waals surface area contributed by atoms with Crippen molar-refractivity contribution < 1.29 is 9.90 Å². The third kappa shape index (κ3) is 5.31. The van der Waals surface area contributed by atoms with Gasteiger partial charge >= 0.3 is 5.97 Å². The van der Waals surface area contributed by atoms with Crippen LogP contribution in [-0.4, -0.2) is 35.6 Å². The van der Waals surface area contributed by atoms with Crippen molar-refractivity contribution in [2.24, 2.45) is 5.92 Å². The van der Waals surface area contributed by atoms with Crippen LogP contribution in [-0.2, 0) is 4.79 Å². The van der Waals surface area contributed by atoms with Crippen molar-refractivity contribution in [1.29, 1.82) is 0 Å². The molecule has 0 aromatic rings. The standard InChI is InChI=1S/C13H23NO2/c1-2-3-4-5-6-8-14-9-7-12(11-14)10-13(15)16/h2,12H,1,3-11H2,(H,15,16). The zero-order valence-corrected chi connectivity index (χ0v) is 10.0. The highest BCUT2D eigenvalue weighted by Gasteiger charge is 2.23. The van der Waals surface area contributed by atoms with Gasteiger partial charge < -0.3 is 10.0 Å². The third-order valence-electron chi connectivity index (χ3n) is 3.22. The second kappa shape index (κ2) is 7.44. The van der Waals surface area contributed by atoms with Gasteiger partial charge in [0.25, 0.3) is 0 Å². The molecule has 0 bridgehead atoms. The van der Waals surface area contributed by atoms with E-state index >= 15 is 0 Å². The van der Waals surface area contributed by atoms with Gasteiger partial charge in [-0.3, -0.25) is 4.79 Å². The molecular weight excluding hydrogens is 202 g/mol. The van der Waals surface area contributed by atoms with Gasteiger partial charge in [0.1, 0.15) is 0 Å². The molecule has 1 aliphatic rings. The SMILES string of the molecule is C=CCCCCCN1CCC(CC(=O)O)C1. The second-order valence-electron chi connectivity index (χ2n) is 4.69. The lowest BCUT2D eigenvalue weighted by molar-refractivity contribution is -0.138. The number of carbonyl (C=O) groups is 1. The van der Waals surface area contributed by atoms with Gasteiger partial charge in [0, 0.05) is 13.0 Å². The van der Waals surface area contributed by atoms with Gasteiger partial charge in [0.05, 0.1) is 0 Å². The van der Waals surface area contributed by atoms with Crippen molar-refractivity contribution in [2.45, 2.75) is 38.5 Å². The fourth-order valence-corrected chi connectivity index (χ4v) is 2.33. The summed E-state index contributed by atoms with van der Waals surface area (Å²) in [6, 6.07) is 0. The van der Waals surface area contributed by atoms with E-state index < -0.39 is 5.97 Å². The Balaban J connectivity index is 2.03. The van der Waals surface area contributed by atoms with Crippen LogP contribution >= 0.6 is 0 Å². The molecule has 0 saturated carbocycles. The zero-order valence-electron chi connectivity index (χ0n) is 10.0. The molecule has 3 nitrogen and oxygen atoms in total. The summed E-state index contributed by atoms with van der Waals surface area (Å²) in [6.45, 7) is 6.90. The molecular formula is C13H23NO2. The first-order chi connectivity index (χ1) is 7.72. The largest absolute Gasteiger partial charge is 0.481 e. The lowest BCUT2D eigenvalue weighted by atomic mass is 10.1. The molecule has 92 valence electrons. The fourth-order valence-electron chi connectivity index (χ4n) is 2.33. The van der Waals surface area contributed by atoms with Gasteiger partial charge in [0.2, 0.25) is 0 Å². The second-order valence-corrected chi connectivity index (χ2v) is 4.69. The normalized spacial score (nSPS) is 21.1. The van der Waals surface area contributed by atoms with E-state index in [9.17, 15) is 4.79 Å². The Morgan fingerprint density at radius 1 is 1.44 bits per heavy atom. The van der Waals surface area contributed by atoms with Crippen LogP contribution in [0.2, 0.25) is 0 Å². The molecule has 0 aromatic carbocycles. The number of carboxylic acid groups (broad SMARTS) is 1. The number of aliphatic carboxylic acids is 1. The number of hydrogen-bond donors (Lipinski definition) is 1. The fraction of sp³-hybridized carbons (Fsp3) is 0.769. The summed E-state index contributed by atoms with van der Waals surface area (Å²) < 4.78 is 0. The summed E-state index contributed by atoms with van der Waals surface area (Å²) in [6.07, 6.45) is 8.20. The van der Waals surface area contributed by atoms with Gasteiger partial charge in [-0.2, -0.15) is 0 Å². The monoisotopic (exact) mass is 225 g/mol. The average molecular weight is 225 g/mol. The van der Waals surface area contributed by atoms with Crippen molar-refractivity contribution in [1.82, 2.24) is 4.90 Å². The van der Waals surface area contributed by atoms with Crippen molar-refractivity contribution in [3.8, 4) is 0 Å². The molecule has 0 radical (unpaired) electrons. The molecule has 1 unspecified atom stereocenters. The Hall–Kier alpha value is -0.830. The predicted octanol–water partition coefficient (Wildman–Crippen LogP) is 2.53. The van der Waals surface area contributed by atoms with Crippen LogP contribution in [0, 0.1) is 5.92 Å². The van der Waals surface area contributed by atoms with Gasteiger partial charge in [-0.05, 0) is 44.7 Å². The van der Waals surface area contributed by atoms with Gasteiger partial charge in [-0.1, -0.05) is 12.5 Å². The first-order valence-electron chi connectivity index (χ1n) is 6.27. The lowest BCUT2D eigenvalue weighted by Crippen LogP contribution is -2.22. The summed E-state index contributed by atoms with van der Waals surface area (Å²) in [7, 11) is 0. The molecule has 0 spiro atoms. The van der Waals surface area contributed by atoms with E-state index in [1.807, 2.05) is 6.08 Å². The van der Waals surface area contributed by atoms with E-state index in [-0.39, 0.29) is 0 Å². The molecule has 0 amide bonds. The maximum Gasteiger partial charge on any atom is 0.303 e. The quantitative estimate of drug-likeness (QED) is 0.510. The Morgan fingerprint density at radius 3 is 2.94 bits per heavy atom. The minimum absolute atomic E-state index is 0.340. The molecule has 1 saturated heterocycles. The Labute approximate surface area is 98.1 Å². The average Bonchev–Trinajstić information content (AvgIpc) is 2.64. The highest BCUT2D eigenvalue weighted by Crippen LogP contribution is 2.19. The summed E-state index contributed by atoms with van der Waals surface area (Å²) in [5.41, 5.74) is 0. The number of carboxylic acids is 1. The van der Waals surface area contributed by atoms with E-state index in [0.717, 1.165) is 32.5 Å². The van der Waals surface area contributed by atoms with E-state index in [0.29, 0.717) is 12.3 Å². The van der Waals surface area contributed by atoms with Crippen LogP contribution < -0.4 is 0 Å². The summed E-state index contributed by atoms with van der Waals surface area (Å²) >= 11 is 0. The van der Waals surface area contributed by atoms with Gasteiger partial charge in [-0.15, -0.1) is 6.58 Å². The first-order valence-corrected chi connectivity index (χ1v) is 6.27. The molecule has 1 heterocycles. The molecule has 1 aliphatic heterocycles. The van der Waals surface area contributed by atoms with Crippen LogP contribution in [0.25, 0.3) is 0 Å². The predicted molar refractivity (Wildman–Crippen MR) is 65.5 cm³/mol. The summed E-state index contributed by atoms with van der Waals surface area (Å²) in [5.74, 6) is -0.275. The number of rotatable bonds is 8. The number of unbranched alkanes of at least 4 members (excludes halogenated alkanes) is 3. The van der Waals surface area contributed by atoms with Crippen LogP contribution in [0.1, 0.15) is 38.5 Å². The molecule has 1 atom stereocenters. The number of allylic oxidation sites excluding steroid dienone is 1.